The quantitative estimate of drug-likeness (QED) is 0.294. The second-order valence-corrected chi connectivity index (χ2v) is 7.86. The van der Waals surface area contributed by atoms with Crippen molar-refractivity contribution < 1.29 is 37.3 Å². The Morgan fingerprint density at radius 2 is 1.60 bits per heavy atom. The first-order valence-electron chi connectivity index (χ1n) is 10.8. The topological polar surface area (TPSA) is 76.0 Å². The Balaban J connectivity index is 1.72. The summed E-state index contributed by atoms with van der Waals surface area (Å²) in [5.74, 6) is 0.171. The van der Waals surface area contributed by atoms with E-state index in [4.69, 9.17) is 14.2 Å². The van der Waals surface area contributed by atoms with Crippen molar-refractivity contribution in [2.75, 3.05) is 14.2 Å². The molecule has 0 aliphatic heterocycles. The van der Waals surface area contributed by atoms with Gasteiger partial charge in [-0.3, -0.25) is 9.59 Å². The number of halogens is 2. The predicted molar refractivity (Wildman–Crippen MR) is 125 cm³/mol. The van der Waals surface area contributed by atoms with Crippen LogP contribution in [0.5, 0.6) is 17.2 Å². The van der Waals surface area contributed by atoms with E-state index in [1.165, 1.54) is 33.3 Å². The van der Waals surface area contributed by atoms with Crippen molar-refractivity contribution in [1.82, 2.24) is 4.57 Å². The van der Waals surface area contributed by atoms with Gasteiger partial charge in [0.05, 0.1) is 20.6 Å². The fourth-order valence-corrected chi connectivity index (χ4v) is 3.85. The molecular weight excluding hydrogens is 460 g/mol. The van der Waals surface area contributed by atoms with Crippen molar-refractivity contribution >= 4 is 11.8 Å². The number of ketones is 1. The molecule has 1 heterocycles. The van der Waals surface area contributed by atoms with E-state index in [1.807, 2.05) is 11.5 Å². The Morgan fingerprint density at radius 3 is 2.20 bits per heavy atom. The van der Waals surface area contributed by atoms with Crippen molar-refractivity contribution in [3.05, 3.63) is 71.0 Å². The second kappa shape index (κ2) is 11.0. The Morgan fingerprint density at radius 1 is 0.943 bits per heavy atom. The van der Waals surface area contributed by atoms with Crippen LogP contribution in [0.15, 0.2) is 48.5 Å². The molecule has 0 aliphatic carbocycles. The monoisotopic (exact) mass is 487 g/mol. The van der Waals surface area contributed by atoms with Gasteiger partial charge in [0.15, 0.2) is 17.6 Å². The molecule has 0 spiro atoms. The van der Waals surface area contributed by atoms with Crippen LogP contribution in [-0.4, -0.2) is 43.3 Å². The molecular formula is C26H27F2NO6. The van der Waals surface area contributed by atoms with Crippen LogP contribution in [0, 0.1) is 13.8 Å². The maximum absolute atomic E-state index is 13.1. The summed E-state index contributed by atoms with van der Waals surface area (Å²) in [7, 11) is 3.02. The number of benzene rings is 2. The molecule has 0 fully saturated rings. The van der Waals surface area contributed by atoms with Gasteiger partial charge < -0.3 is 23.5 Å². The van der Waals surface area contributed by atoms with Crippen LogP contribution in [-0.2, 0) is 16.0 Å². The van der Waals surface area contributed by atoms with E-state index in [0.717, 1.165) is 5.69 Å². The highest BCUT2D eigenvalue weighted by atomic mass is 19.3. The molecule has 0 aliphatic rings. The number of aryl methyl sites for hydroxylation is 1. The number of esters is 1. The van der Waals surface area contributed by atoms with Gasteiger partial charge in [0.2, 0.25) is 5.78 Å². The van der Waals surface area contributed by atoms with E-state index in [9.17, 15) is 18.4 Å². The molecule has 0 saturated carbocycles. The first-order chi connectivity index (χ1) is 16.6. The number of methoxy groups -OCH3 is 2. The fraction of sp³-hybridized carbons (Fsp3) is 0.308. The van der Waals surface area contributed by atoms with Crippen molar-refractivity contribution in [2.45, 2.75) is 39.9 Å². The lowest BCUT2D eigenvalue weighted by atomic mass is 10.1. The maximum atomic E-state index is 13.1. The highest BCUT2D eigenvalue weighted by Gasteiger charge is 2.24. The molecule has 0 bridgehead atoms. The van der Waals surface area contributed by atoms with Crippen LogP contribution >= 0.6 is 0 Å². The first-order valence-corrected chi connectivity index (χ1v) is 10.8. The van der Waals surface area contributed by atoms with Crippen LogP contribution in [0.4, 0.5) is 8.78 Å². The molecule has 0 radical (unpaired) electrons. The van der Waals surface area contributed by atoms with Crippen LogP contribution in [0.25, 0.3) is 5.69 Å². The lowest BCUT2D eigenvalue weighted by Crippen LogP contribution is -2.25. The number of Topliss-reactive ketones (excluding diaryl/α,β-unsaturated/α-hetero) is 1. The normalized spacial score (nSPS) is 11.8. The summed E-state index contributed by atoms with van der Waals surface area (Å²) in [6.45, 7) is 2.21. The molecule has 0 saturated heterocycles. The molecule has 1 unspecified atom stereocenters. The van der Waals surface area contributed by atoms with Gasteiger partial charge in [-0.2, -0.15) is 8.78 Å². The molecule has 35 heavy (non-hydrogen) atoms. The zero-order valence-corrected chi connectivity index (χ0v) is 20.1. The molecule has 0 amide bonds. The van der Waals surface area contributed by atoms with E-state index < -0.39 is 18.7 Å². The number of nitrogens with zero attached hydrogens (tertiary/aromatic N) is 1. The van der Waals surface area contributed by atoms with Crippen LogP contribution in [0.2, 0.25) is 0 Å². The highest BCUT2D eigenvalue weighted by Crippen LogP contribution is 2.28. The van der Waals surface area contributed by atoms with Crippen LogP contribution in [0.1, 0.15) is 34.2 Å². The van der Waals surface area contributed by atoms with E-state index in [0.29, 0.717) is 34.0 Å². The summed E-state index contributed by atoms with van der Waals surface area (Å²) >= 11 is 0. The SMILES string of the molecule is COc1ccc(CC(=O)OC(C)C(=O)c2cc(C)n(-c3ccc(OC(F)F)cc3)c2C)cc1OC. The number of hydrogen-bond donors (Lipinski definition) is 0. The molecule has 3 rings (SSSR count). The molecule has 2 aromatic carbocycles. The Hall–Kier alpha value is -3.88. The number of rotatable bonds is 10. The van der Waals surface area contributed by atoms with Gasteiger partial charge in [-0.15, -0.1) is 0 Å². The van der Waals surface area contributed by atoms with Crippen molar-refractivity contribution in [3.63, 3.8) is 0 Å². The average molecular weight is 487 g/mol. The Bertz CT molecular complexity index is 1200. The molecule has 1 atom stereocenters. The highest BCUT2D eigenvalue weighted by molar-refractivity contribution is 6.01. The lowest BCUT2D eigenvalue weighted by molar-refractivity contribution is -0.145. The summed E-state index contributed by atoms with van der Waals surface area (Å²) in [6, 6.07) is 12.9. The van der Waals surface area contributed by atoms with Gasteiger partial charge in [0.1, 0.15) is 5.75 Å². The van der Waals surface area contributed by atoms with Gasteiger partial charge >= 0.3 is 12.6 Å². The summed E-state index contributed by atoms with van der Waals surface area (Å²) in [5.41, 5.74) is 3.14. The minimum atomic E-state index is -2.91. The number of carbonyl (C=O) groups excluding carboxylic acids is 2. The molecule has 7 nitrogen and oxygen atoms in total. The zero-order chi connectivity index (χ0) is 25.7. The van der Waals surface area contributed by atoms with E-state index in [2.05, 4.69) is 4.74 Å². The van der Waals surface area contributed by atoms with Gasteiger partial charge in [-0.25, -0.2) is 0 Å². The minimum Gasteiger partial charge on any atom is -0.493 e. The standard InChI is InChI=1S/C26H27F2NO6/c1-15-12-21(16(2)29(15)19-7-9-20(10-8-19)35-26(27)28)25(31)17(3)34-24(30)14-18-6-11-22(32-4)23(13-18)33-5/h6-13,17,26H,14H2,1-5H3. The number of alkyl halides is 2. The summed E-state index contributed by atoms with van der Waals surface area (Å²) in [6.07, 6.45) is -1.04. The average Bonchev–Trinajstić information content (AvgIpc) is 3.12. The van der Waals surface area contributed by atoms with E-state index in [-0.39, 0.29) is 18.0 Å². The smallest absolute Gasteiger partial charge is 0.387 e. The summed E-state index contributed by atoms with van der Waals surface area (Å²) in [5, 5.41) is 0. The number of aromatic nitrogens is 1. The van der Waals surface area contributed by atoms with Gasteiger partial charge in [-0.1, -0.05) is 6.07 Å². The minimum absolute atomic E-state index is 0.0377. The first kappa shape index (κ1) is 25.7. The molecule has 3 aromatic rings. The lowest BCUT2D eigenvalue weighted by Gasteiger charge is -2.14. The Kier molecular flexibility index (Phi) is 8.11. The third kappa shape index (κ3) is 5.98. The zero-order valence-electron chi connectivity index (χ0n) is 20.1. The molecule has 1 aromatic heterocycles. The molecule has 9 heteroatoms. The van der Waals surface area contributed by atoms with Crippen molar-refractivity contribution in [3.8, 4) is 22.9 Å². The largest absolute Gasteiger partial charge is 0.493 e. The van der Waals surface area contributed by atoms with Gasteiger partial charge in [0.25, 0.3) is 0 Å². The second-order valence-electron chi connectivity index (χ2n) is 7.86. The summed E-state index contributed by atoms with van der Waals surface area (Å²) < 4.78 is 46.9. The van der Waals surface area contributed by atoms with Crippen LogP contribution < -0.4 is 14.2 Å². The molecule has 0 N–H and O–H groups in total. The Labute approximate surface area is 202 Å². The van der Waals surface area contributed by atoms with Gasteiger partial charge in [0, 0.05) is 22.6 Å². The number of ether oxygens (including phenoxy) is 4. The number of carbonyl (C=O) groups is 2. The van der Waals surface area contributed by atoms with E-state index >= 15 is 0 Å². The summed E-state index contributed by atoms with van der Waals surface area (Å²) in [4.78, 5) is 25.6. The van der Waals surface area contributed by atoms with Crippen molar-refractivity contribution in [2.24, 2.45) is 0 Å². The van der Waals surface area contributed by atoms with Gasteiger partial charge in [-0.05, 0) is 68.8 Å². The van der Waals surface area contributed by atoms with Crippen LogP contribution in [0.3, 0.4) is 0 Å². The fourth-order valence-electron chi connectivity index (χ4n) is 3.85. The number of hydrogen-bond acceptors (Lipinski definition) is 6. The maximum Gasteiger partial charge on any atom is 0.387 e. The van der Waals surface area contributed by atoms with Crippen molar-refractivity contribution in [1.29, 1.82) is 0 Å². The predicted octanol–water partition coefficient (Wildman–Crippen LogP) is 5.07. The third-order valence-corrected chi connectivity index (χ3v) is 5.49. The third-order valence-electron chi connectivity index (χ3n) is 5.49. The van der Waals surface area contributed by atoms with E-state index in [1.54, 1.807) is 43.3 Å². The molecule has 186 valence electrons.